The SMILES string of the molecule is NC(c1nc2ccccc2s1)C(Cc1nc2ccccc2s1)c1nc2ccccc2s1. The lowest BCUT2D eigenvalue weighted by atomic mass is 9.98. The maximum absolute atomic E-state index is 6.89. The molecule has 2 atom stereocenters. The molecule has 7 heteroatoms. The van der Waals surface area contributed by atoms with E-state index < -0.39 is 0 Å². The van der Waals surface area contributed by atoms with Gasteiger partial charge in [-0.3, -0.25) is 0 Å². The number of nitrogens with two attached hydrogens (primary N) is 1. The van der Waals surface area contributed by atoms with Crippen LogP contribution in [0.5, 0.6) is 0 Å². The van der Waals surface area contributed by atoms with Gasteiger partial charge in [-0.1, -0.05) is 36.4 Å². The van der Waals surface area contributed by atoms with Gasteiger partial charge in [-0.05, 0) is 36.4 Å². The van der Waals surface area contributed by atoms with E-state index in [-0.39, 0.29) is 12.0 Å². The number of nitrogens with zero attached hydrogens (tertiary/aromatic N) is 3. The maximum atomic E-state index is 6.89. The summed E-state index contributed by atoms with van der Waals surface area (Å²) in [5.41, 5.74) is 9.95. The Labute approximate surface area is 191 Å². The van der Waals surface area contributed by atoms with Crippen LogP contribution in [0.15, 0.2) is 72.8 Å². The van der Waals surface area contributed by atoms with Crippen LogP contribution >= 0.6 is 34.0 Å². The second-order valence-corrected chi connectivity index (χ2v) is 10.7. The van der Waals surface area contributed by atoms with Crippen molar-refractivity contribution in [3.63, 3.8) is 0 Å². The lowest BCUT2D eigenvalue weighted by molar-refractivity contribution is 0.547. The number of aromatic nitrogens is 3. The molecule has 0 amide bonds. The molecule has 0 aliphatic carbocycles. The standard InChI is InChI=1S/C24H18N4S3/c25-22(24-28-17-9-3-6-12-20(17)31-24)14(23-27-16-8-2-5-11-19(16)30-23)13-21-26-15-7-1-4-10-18(15)29-21/h1-12,14,22H,13,25H2. The van der Waals surface area contributed by atoms with Crippen molar-refractivity contribution in [3.05, 3.63) is 87.8 Å². The van der Waals surface area contributed by atoms with Crippen molar-refractivity contribution in [2.45, 2.75) is 18.4 Å². The molecular formula is C24H18N4S3. The van der Waals surface area contributed by atoms with Crippen molar-refractivity contribution in [1.82, 2.24) is 15.0 Å². The van der Waals surface area contributed by atoms with Crippen LogP contribution in [0, 0.1) is 0 Å². The third kappa shape index (κ3) is 3.53. The Balaban J connectivity index is 1.44. The van der Waals surface area contributed by atoms with Crippen molar-refractivity contribution >= 4 is 64.7 Å². The average molecular weight is 459 g/mol. The number of hydrogen-bond donors (Lipinski definition) is 1. The van der Waals surface area contributed by atoms with Gasteiger partial charge < -0.3 is 5.73 Å². The second-order valence-electron chi connectivity index (χ2n) is 7.45. The molecule has 0 bridgehead atoms. The Morgan fingerprint density at radius 3 is 1.68 bits per heavy atom. The first-order valence-electron chi connectivity index (χ1n) is 10.1. The average Bonchev–Trinajstić information content (AvgIpc) is 3.52. The summed E-state index contributed by atoms with van der Waals surface area (Å²) in [7, 11) is 0. The molecule has 0 aliphatic heterocycles. The third-order valence-electron chi connectivity index (χ3n) is 5.39. The molecule has 31 heavy (non-hydrogen) atoms. The van der Waals surface area contributed by atoms with E-state index in [1.807, 2.05) is 30.3 Å². The highest BCUT2D eigenvalue weighted by Crippen LogP contribution is 2.40. The Hall–Kier alpha value is -2.71. The van der Waals surface area contributed by atoms with E-state index in [0.29, 0.717) is 0 Å². The number of benzene rings is 3. The lowest BCUT2D eigenvalue weighted by Gasteiger charge is -2.19. The number of thiazole rings is 3. The van der Waals surface area contributed by atoms with Crippen LogP contribution in [-0.2, 0) is 6.42 Å². The van der Waals surface area contributed by atoms with Gasteiger partial charge >= 0.3 is 0 Å². The molecule has 0 spiro atoms. The minimum Gasteiger partial charge on any atom is -0.321 e. The first-order valence-corrected chi connectivity index (χ1v) is 12.5. The minimum atomic E-state index is -0.245. The molecule has 3 heterocycles. The summed E-state index contributed by atoms with van der Waals surface area (Å²) in [5.74, 6) is 0.0125. The van der Waals surface area contributed by atoms with E-state index in [2.05, 4.69) is 42.5 Å². The van der Waals surface area contributed by atoms with Gasteiger partial charge in [-0.2, -0.15) is 0 Å². The molecule has 6 aromatic rings. The van der Waals surface area contributed by atoms with Gasteiger partial charge in [0.05, 0.1) is 46.7 Å². The first kappa shape index (κ1) is 19.0. The van der Waals surface area contributed by atoms with Crippen molar-refractivity contribution < 1.29 is 0 Å². The van der Waals surface area contributed by atoms with Crippen molar-refractivity contribution in [3.8, 4) is 0 Å². The molecule has 152 valence electrons. The number of hydrogen-bond acceptors (Lipinski definition) is 7. The van der Waals surface area contributed by atoms with E-state index in [9.17, 15) is 0 Å². The van der Waals surface area contributed by atoms with Crippen molar-refractivity contribution in [2.24, 2.45) is 5.73 Å². The lowest BCUT2D eigenvalue weighted by Crippen LogP contribution is -2.21. The first-order chi connectivity index (χ1) is 15.2. The summed E-state index contributed by atoms with van der Waals surface area (Å²) in [5, 5.41) is 3.08. The van der Waals surface area contributed by atoms with Crippen LogP contribution in [0.3, 0.4) is 0 Å². The number of para-hydroxylation sites is 3. The number of rotatable bonds is 5. The zero-order chi connectivity index (χ0) is 20.8. The fourth-order valence-electron chi connectivity index (χ4n) is 3.82. The van der Waals surface area contributed by atoms with E-state index in [1.54, 1.807) is 34.0 Å². The highest BCUT2D eigenvalue weighted by atomic mass is 32.1. The van der Waals surface area contributed by atoms with Gasteiger partial charge in [0, 0.05) is 12.3 Å². The molecule has 0 aliphatic rings. The van der Waals surface area contributed by atoms with Gasteiger partial charge in [0.25, 0.3) is 0 Å². The monoisotopic (exact) mass is 458 g/mol. The predicted octanol–water partition coefficient (Wildman–Crippen LogP) is 6.54. The van der Waals surface area contributed by atoms with E-state index >= 15 is 0 Å². The van der Waals surface area contributed by atoms with Gasteiger partial charge in [0.1, 0.15) is 5.01 Å². The largest absolute Gasteiger partial charge is 0.321 e. The molecule has 6 rings (SSSR count). The zero-order valence-corrected chi connectivity index (χ0v) is 18.9. The molecule has 0 radical (unpaired) electrons. The van der Waals surface area contributed by atoms with Crippen LogP contribution in [0.1, 0.15) is 27.0 Å². The fourth-order valence-corrected chi connectivity index (χ4v) is 6.99. The second kappa shape index (κ2) is 7.76. The van der Waals surface area contributed by atoms with Crippen LogP contribution in [-0.4, -0.2) is 15.0 Å². The van der Waals surface area contributed by atoms with Gasteiger partial charge in [0.15, 0.2) is 0 Å². The summed E-state index contributed by atoms with van der Waals surface area (Å²) in [4.78, 5) is 14.7. The smallest absolute Gasteiger partial charge is 0.111 e. The van der Waals surface area contributed by atoms with Gasteiger partial charge in [0.2, 0.25) is 0 Å². The summed E-state index contributed by atoms with van der Waals surface area (Å²) in [6.45, 7) is 0. The van der Waals surface area contributed by atoms with E-state index in [0.717, 1.165) is 42.7 Å². The Bertz CT molecular complexity index is 1410. The molecule has 2 N–H and O–H groups in total. The van der Waals surface area contributed by atoms with Crippen molar-refractivity contribution in [2.75, 3.05) is 0 Å². The summed E-state index contributed by atoms with van der Waals surface area (Å²) in [6, 6.07) is 24.5. The predicted molar refractivity (Wildman–Crippen MR) is 132 cm³/mol. The molecular weight excluding hydrogens is 440 g/mol. The van der Waals surface area contributed by atoms with E-state index in [1.165, 1.54) is 9.40 Å². The molecule has 4 nitrogen and oxygen atoms in total. The third-order valence-corrected chi connectivity index (χ3v) is 8.75. The van der Waals surface area contributed by atoms with E-state index in [4.69, 9.17) is 20.7 Å². The van der Waals surface area contributed by atoms with Crippen LogP contribution in [0.25, 0.3) is 30.6 Å². The van der Waals surface area contributed by atoms with Crippen LogP contribution in [0.2, 0.25) is 0 Å². The Morgan fingerprint density at radius 2 is 1.10 bits per heavy atom. The molecule has 0 fully saturated rings. The molecule has 3 aromatic carbocycles. The Kier molecular flexibility index (Phi) is 4.76. The maximum Gasteiger partial charge on any atom is 0.111 e. The summed E-state index contributed by atoms with van der Waals surface area (Å²) < 4.78 is 3.55. The summed E-state index contributed by atoms with van der Waals surface area (Å²) in [6.07, 6.45) is 0.746. The molecule has 3 aromatic heterocycles. The van der Waals surface area contributed by atoms with Crippen LogP contribution < -0.4 is 5.73 Å². The van der Waals surface area contributed by atoms with Crippen LogP contribution in [0.4, 0.5) is 0 Å². The van der Waals surface area contributed by atoms with Crippen molar-refractivity contribution in [1.29, 1.82) is 0 Å². The highest BCUT2D eigenvalue weighted by molar-refractivity contribution is 7.19. The van der Waals surface area contributed by atoms with Gasteiger partial charge in [-0.15, -0.1) is 34.0 Å². The quantitative estimate of drug-likeness (QED) is 0.318. The number of fused-ring (bicyclic) bond motifs is 3. The zero-order valence-electron chi connectivity index (χ0n) is 16.4. The fraction of sp³-hybridized carbons (Fsp3) is 0.125. The molecule has 2 unspecified atom stereocenters. The summed E-state index contributed by atoms with van der Waals surface area (Å²) >= 11 is 5.14. The minimum absolute atomic E-state index is 0.0125. The topological polar surface area (TPSA) is 64.7 Å². The molecule has 0 saturated carbocycles. The molecule has 0 saturated heterocycles. The normalized spacial score (nSPS) is 13.8. The Morgan fingerprint density at radius 1 is 0.613 bits per heavy atom. The highest BCUT2D eigenvalue weighted by Gasteiger charge is 2.29. The van der Waals surface area contributed by atoms with Gasteiger partial charge in [-0.25, -0.2) is 15.0 Å².